The van der Waals surface area contributed by atoms with Crippen LogP contribution in [0.3, 0.4) is 0 Å². The Morgan fingerprint density at radius 1 is 1.56 bits per heavy atom. The highest BCUT2D eigenvalue weighted by Gasteiger charge is 2.20. The molecule has 0 radical (unpaired) electrons. The van der Waals surface area contributed by atoms with E-state index in [-0.39, 0.29) is 5.82 Å². The largest absolute Gasteiger partial charge is 0.334 e. The van der Waals surface area contributed by atoms with Crippen molar-refractivity contribution < 1.29 is 4.39 Å². The van der Waals surface area contributed by atoms with Gasteiger partial charge in [0, 0.05) is 5.75 Å². The van der Waals surface area contributed by atoms with Crippen molar-refractivity contribution in [2.24, 2.45) is 10.9 Å². The van der Waals surface area contributed by atoms with Crippen molar-refractivity contribution in [2.45, 2.75) is 26.3 Å². The summed E-state index contributed by atoms with van der Waals surface area (Å²) in [7, 11) is 0. The molecule has 0 bridgehead atoms. The maximum atomic E-state index is 13.4. The van der Waals surface area contributed by atoms with Crippen LogP contribution in [-0.4, -0.2) is 17.0 Å². The summed E-state index contributed by atoms with van der Waals surface area (Å²) in [6.07, 6.45) is 1.11. The van der Waals surface area contributed by atoms with E-state index in [9.17, 15) is 4.39 Å². The first-order chi connectivity index (χ1) is 8.56. The van der Waals surface area contributed by atoms with E-state index in [2.05, 4.69) is 24.2 Å². The molecule has 1 N–H and O–H groups in total. The molecular formula is C13H16FIN2S. The Bertz CT molecular complexity index is 462. The molecule has 0 saturated carbocycles. The van der Waals surface area contributed by atoms with E-state index in [0.29, 0.717) is 15.5 Å². The zero-order chi connectivity index (χ0) is 13.1. The molecule has 1 heterocycles. The van der Waals surface area contributed by atoms with Gasteiger partial charge in [0.05, 0.1) is 15.3 Å². The molecule has 5 heteroatoms. The minimum atomic E-state index is -0.192. The molecular weight excluding hydrogens is 362 g/mol. The summed E-state index contributed by atoms with van der Waals surface area (Å²) in [4.78, 5) is 4.64. The topological polar surface area (TPSA) is 24.4 Å². The van der Waals surface area contributed by atoms with Crippen LogP contribution >= 0.6 is 34.4 Å². The second kappa shape index (κ2) is 6.23. The first-order valence-electron chi connectivity index (χ1n) is 5.98. The Kier molecular flexibility index (Phi) is 4.89. The molecule has 2 nitrogen and oxygen atoms in total. The van der Waals surface area contributed by atoms with Crippen LogP contribution in [0.1, 0.15) is 20.3 Å². The highest BCUT2D eigenvalue weighted by molar-refractivity contribution is 14.1. The predicted octanol–water partition coefficient (Wildman–Crippen LogP) is 4.36. The van der Waals surface area contributed by atoms with Gasteiger partial charge >= 0.3 is 0 Å². The summed E-state index contributed by atoms with van der Waals surface area (Å²) >= 11 is 3.73. The van der Waals surface area contributed by atoms with Crippen LogP contribution in [0, 0.1) is 15.3 Å². The number of hydrogen-bond acceptors (Lipinski definition) is 3. The Morgan fingerprint density at radius 2 is 2.33 bits per heavy atom. The average Bonchev–Trinajstić information content (AvgIpc) is 2.71. The molecule has 1 atom stereocenters. The molecule has 0 amide bonds. The number of thioether (sulfide) groups is 1. The molecule has 0 aromatic heterocycles. The molecule has 0 aliphatic carbocycles. The third-order valence-corrected chi connectivity index (χ3v) is 4.78. The van der Waals surface area contributed by atoms with Gasteiger partial charge in [-0.25, -0.2) is 4.39 Å². The molecule has 1 aliphatic rings. The summed E-state index contributed by atoms with van der Waals surface area (Å²) in [5.74, 6) is 1.49. The Morgan fingerprint density at radius 3 is 3.06 bits per heavy atom. The van der Waals surface area contributed by atoms with Gasteiger partial charge in [0.2, 0.25) is 0 Å². The maximum Gasteiger partial charge on any atom is 0.161 e. The molecule has 0 saturated heterocycles. The zero-order valence-corrected chi connectivity index (χ0v) is 13.4. The van der Waals surface area contributed by atoms with Crippen molar-refractivity contribution in [1.82, 2.24) is 0 Å². The van der Waals surface area contributed by atoms with Crippen LogP contribution in [-0.2, 0) is 0 Å². The number of aliphatic imine (C=N–C) groups is 1. The fourth-order valence-corrected chi connectivity index (χ4v) is 3.33. The van der Waals surface area contributed by atoms with Crippen LogP contribution in [0.5, 0.6) is 0 Å². The van der Waals surface area contributed by atoms with E-state index >= 15 is 0 Å². The van der Waals surface area contributed by atoms with Crippen molar-refractivity contribution >= 4 is 45.2 Å². The van der Waals surface area contributed by atoms with Crippen LogP contribution in [0.4, 0.5) is 10.1 Å². The minimum absolute atomic E-state index is 0.192. The summed E-state index contributed by atoms with van der Waals surface area (Å²) in [5.41, 5.74) is 0.798. The predicted molar refractivity (Wildman–Crippen MR) is 85.9 cm³/mol. The number of nitrogens with zero attached hydrogens (tertiary/aromatic N) is 1. The molecule has 1 aromatic rings. The lowest BCUT2D eigenvalue weighted by molar-refractivity contribution is 0.529. The van der Waals surface area contributed by atoms with Gasteiger partial charge in [0.1, 0.15) is 5.82 Å². The van der Waals surface area contributed by atoms with Crippen molar-refractivity contribution in [1.29, 1.82) is 0 Å². The Labute approximate surface area is 125 Å². The summed E-state index contributed by atoms with van der Waals surface area (Å²) in [5, 5.41) is 4.13. The van der Waals surface area contributed by atoms with Gasteiger partial charge in [-0.15, -0.1) is 0 Å². The molecule has 98 valence electrons. The lowest BCUT2D eigenvalue weighted by atomic mass is 10.1. The van der Waals surface area contributed by atoms with E-state index < -0.39 is 0 Å². The summed E-state index contributed by atoms with van der Waals surface area (Å²) in [6.45, 7) is 4.42. The SMILES string of the molecule is CC(C)CC1CSC(Nc2cccc(F)c2I)=N1. The van der Waals surface area contributed by atoms with Gasteiger partial charge in [-0.05, 0) is 47.1 Å². The number of hydrogen-bond donors (Lipinski definition) is 1. The molecule has 1 aliphatic heterocycles. The van der Waals surface area contributed by atoms with Crippen molar-refractivity contribution in [3.63, 3.8) is 0 Å². The second-order valence-electron chi connectivity index (χ2n) is 4.76. The highest BCUT2D eigenvalue weighted by Crippen LogP contribution is 2.27. The van der Waals surface area contributed by atoms with E-state index in [4.69, 9.17) is 0 Å². The standard InChI is InChI=1S/C13H16FIN2S/c1-8(2)6-9-7-18-13(16-9)17-11-5-3-4-10(14)12(11)15/h3-5,8-9H,6-7H2,1-2H3,(H,16,17). The van der Waals surface area contributed by atoms with Gasteiger partial charge in [-0.1, -0.05) is 31.7 Å². The molecule has 0 fully saturated rings. The van der Waals surface area contributed by atoms with Crippen LogP contribution in [0.2, 0.25) is 0 Å². The molecule has 18 heavy (non-hydrogen) atoms. The Balaban J connectivity index is 2.04. The minimum Gasteiger partial charge on any atom is -0.334 e. The summed E-state index contributed by atoms with van der Waals surface area (Å²) in [6, 6.07) is 5.46. The van der Waals surface area contributed by atoms with E-state index in [0.717, 1.165) is 23.0 Å². The fourth-order valence-electron chi connectivity index (χ4n) is 1.86. The van der Waals surface area contributed by atoms with Crippen molar-refractivity contribution in [2.75, 3.05) is 11.1 Å². The lowest BCUT2D eigenvalue weighted by Crippen LogP contribution is -2.08. The highest BCUT2D eigenvalue weighted by atomic mass is 127. The number of benzene rings is 1. The van der Waals surface area contributed by atoms with Gasteiger partial charge in [-0.3, -0.25) is 4.99 Å². The number of nitrogens with one attached hydrogen (secondary N) is 1. The molecule has 1 unspecified atom stereocenters. The normalized spacial score (nSPS) is 19.2. The number of rotatable bonds is 3. The van der Waals surface area contributed by atoms with Crippen LogP contribution < -0.4 is 5.32 Å². The van der Waals surface area contributed by atoms with Crippen molar-refractivity contribution in [3.05, 3.63) is 27.6 Å². The number of amidine groups is 1. The third kappa shape index (κ3) is 3.60. The van der Waals surface area contributed by atoms with Crippen LogP contribution in [0.25, 0.3) is 0 Å². The lowest BCUT2D eigenvalue weighted by Gasteiger charge is -2.08. The van der Waals surface area contributed by atoms with Gasteiger partial charge in [0.25, 0.3) is 0 Å². The molecule has 2 rings (SSSR count). The first-order valence-corrected chi connectivity index (χ1v) is 8.04. The third-order valence-electron chi connectivity index (χ3n) is 2.65. The summed E-state index contributed by atoms with van der Waals surface area (Å²) < 4.78 is 14.0. The molecule has 0 spiro atoms. The van der Waals surface area contributed by atoms with Gasteiger partial charge in [0.15, 0.2) is 5.17 Å². The Hall–Kier alpha value is -0.300. The monoisotopic (exact) mass is 378 g/mol. The van der Waals surface area contributed by atoms with E-state index in [1.807, 2.05) is 28.7 Å². The quantitative estimate of drug-likeness (QED) is 0.791. The smallest absolute Gasteiger partial charge is 0.161 e. The number of halogens is 2. The van der Waals surface area contributed by atoms with Crippen LogP contribution in [0.15, 0.2) is 23.2 Å². The molecule has 1 aromatic carbocycles. The van der Waals surface area contributed by atoms with Gasteiger partial charge < -0.3 is 5.32 Å². The van der Waals surface area contributed by atoms with E-state index in [1.165, 1.54) is 6.07 Å². The number of anilines is 1. The second-order valence-corrected chi connectivity index (χ2v) is 6.84. The van der Waals surface area contributed by atoms with Crippen molar-refractivity contribution in [3.8, 4) is 0 Å². The maximum absolute atomic E-state index is 13.4. The first kappa shape index (κ1) is 14.1. The van der Waals surface area contributed by atoms with Gasteiger partial charge in [-0.2, -0.15) is 0 Å². The zero-order valence-electron chi connectivity index (χ0n) is 10.4. The van der Waals surface area contributed by atoms with E-state index in [1.54, 1.807) is 17.8 Å². The fraction of sp³-hybridized carbons (Fsp3) is 0.462. The average molecular weight is 378 g/mol.